The van der Waals surface area contributed by atoms with Crippen LogP contribution in [0, 0.1) is 5.41 Å². The predicted molar refractivity (Wildman–Crippen MR) is 150 cm³/mol. The first kappa shape index (κ1) is 24.4. The topological polar surface area (TPSA) is 15.3 Å². The van der Waals surface area contributed by atoms with Gasteiger partial charge in [0, 0.05) is 23.3 Å². The fraction of sp³-hybridized carbons (Fsp3) is 0.355. The Morgan fingerprint density at radius 3 is 1.94 bits per heavy atom. The Kier molecular flexibility index (Phi) is 7.05. The average molecular weight is 450 g/mol. The zero-order chi connectivity index (χ0) is 24.5. The lowest BCUT2D eigenvalue weighted by Crippen LogP contribution is -2.62. The molecule has 0 atom stereocenters. The van der Waals surface area contributed by atoms with Crippen LogP contribution in [0.1, 0.15) is 82.6 Å². The summed E-state index contributed by atoms with van der Waals surface area (Å²) in [5.74, 6) is 0.865. The van der Waals surface area contributed by atoms with E-state index in [0.29, 0.717) is 11.8 Å². The molecule has 34 heavy (non-hydrogen) atoms. The molecule has 1 N–H and O–H groups in total. The third-order valence-corrected chi connectivity index (χ3v) is 6.79. The first-order valence-corrected chi connectivity index (χ1v) is 12.7. The van der Waals surface area contributed by atoms with Gasteiger partial charge >= 0.3 is 6.98 Å². The summed E-state index contributed by atoms with van der Waals surface area (Å²) < 4.78 is 0. The molecule has 176 valence electrons. The van der Waals surface area contributed by atoms with E-state index in [9.17, 15) is 0 Å². The number of fused-ring (bicyclic) bond motifs is 1. The molecule has 3 heteroatoms. The van der Waals surface area contributed by atoms with Crippen molar-refractivity contribution in [3.8, 4) is 0 Å². The molecule has 1 heterocycles. The van der Waals surface area contributed by atoms with Gasteiger partial charge in [0.1, 0.15) is 0 Å². The number of rotatable bonds is 6. The van der Waals surface area contributed by atoms with Gasteiger partial charge in [0.25, 0.3) is 0 Å². The van der Waals surface area contributed by atoms with Crippen LogP contribution in [0.25, 0.3) is 6.08 Å². The van der Waals surface area contributed by atoms with Gasteiger partial charge in [-0.3, -0.25) is 0 Å². The molecule has 2 nitrogen and oxygen atoms in total. The van der Waals surface area contributed by atoms with Crippen LogP contribution in [-0.4, -0.2) is 6.98 Å². The largest absolute Gasteiger partial charge is 0.381 e. The van der Waals surface area contributed by atoms with Gasteiger partial charge in [0.2, 0.25) is 0 Å². The van der Waals surface area contributed by atoms with Crippen molar-refractivity contribution in [2.45, 2.75) is 66.8 Å². The Morgan fingerprint density at radius 2 is 1.35 bits per heavy atom. The second-order valence-corrected chi connectivity index (χ2v) is 11.1. The highest BCUT2D eigenvalue weighted by molar-refractivity contribution is 6.76. The lowest BCUT2D eigenvalue weighted by atomic mass is 9.59. The van der Waals surface area contributed by atoms with Crippen LogP contribution in [0.15, 0.2) is 78.5 Å². The molecule has 0 bridgehead atoms. The number of allylic oxidation sites excluding steroid dienone is 1. The van der Waals surface area contributed by atoms with Gasteiger partial charge in [0.15, 0.2) is 0 Å². The van der Waals surface area contributed by atoms with E-state index in [1.807, 2.05) is 0 Å². The molecule has 1 aliphatic heterocycles. The quantitative estimate of drug-likeness (QED) is 0.396. The number of nitrogens with one attached hydrogen (secondary N) is 1. The van der Waals surface area contributed by atoms with Gasteiger partial charge in [-0.05, 0) is 45.6 Å². The van der Waals surface area contributed by atoms with Crippen molar-refractivity contribution in [3.05, 3.63) is 101 Å². The highest BCUT2D eigenvalue weighted by Gasteiger charge is 2.40. The Balaban J connectivity index is 1.95. The predicted octanol–water partition coefficient (Wildman–Crippen LogP) is 7.33. The molecule has 4 rings (SSSR count). The molecule has 0 saturated carbocycles. The highest BCUT2D eigenvalue weighted by Crippen LogP contribution is 2.43. The summed E-state index contributed by atoms with van der Waals surface area (Å²) in [6, 6.07) is 26.5. The van der Waals surface area contributed by atoms with Crippen LogP contribution in [0.5, 0.6) is 0 Å². The van der Waals surface area contributed by atoms with E-state index < -0.39 is 0 Å². The third-order valence-electron chi connectivity index (χ3n) is 6.79. The minimum absolute atomic E-state index is 0.0153. The van der Waals surface area contributed by atoms with E-state index >= 15 is 0 Å². The Hall–Kier alpha value is -2.78. The van der Waals surface area contributed by atoms with E-state index in [0.717, 1.165) is 6.54 Å². The molecule has 0 spiro atoms. The van der Waals surface area contributed by atoms with Crippen LogP contribution in [0.3, 0.4) is 0 Å². The molecule has 0 saturated heterocycles. The Bertz CT molecular complexity index is 1130. The van der Waals surface area contributed by atoms with Crippen molar-refractivity contribution in [2.75, 3.05) is 4.81 Å². The minimum atomic E-state index is -0.0153. The first-order valence-electron chi connectivity index (χ1n) is 12.7. The van der Waals surface area contributed by atoms with Crippen molar-refractivity contribution < 1.29 is 0 Å². The van der Waals surface area contributed by atoms with Crippen molar-refractivity contribution in [1.82, 2.24) is 5.23 Å². The van der Waals surface area contributed by atoms with Crippen LogP contribution >= 0.6 is 0 Å². The minimum Gasteiger partial charge on any atom is -0.370 e. The standard InChI is InChI=1S/C31H39BN2/c1-22(2)26-17-13-18-27(23(3)4)30(26)34-29(31(5,6)7)20-25-16-11-12-19-28(25)32(34)33-21-24-14-9-8-10-15-24/h8-20,22-23,33H,21H2,1-7H3. The number of benzene rings is 3. The number of anilines is 1. The smallest absolute Gasteiger partial charge is 0.370 e. The number of hydrogen-bond acceptors (Lipinski definition) is 2. The maximum atomic E-state index is 3.96. The summed E-state index contributed by atoms with van der Waals surface area (Å²) in [7, 11) is 0. The van der Waals surface area contributed by atoms with E-state index in [1.165, 1.54) is 39.1 Å². The van der Waals surface area contributed by atoms with E-state index in [1.54, 1.807) is 0 Å². The molecule has 3 aromatic rings. The fourth-order valence-corrected chi connectivity index (χ4v) is 5.02. The Labute approximate surface area is 207 Å². The molecular weight excluding hydrogens is 411 g/mol. The van der Waals surface area contributed by atoms with Crippen LogP contribution < -0.4 is 15.5 Å². The SMILES string of the molecule is CC(C)c1cccc(C(C)C)c1N1B(NCc2ccccc2)c2ccccc2C=C1C(C)(C)C. The number of nitrogens with zero attached hydrogens (tertiary/aromatic N) is 1. The zero-order valence-corrected chi connectivity index (χ0v) is 21.9. The number of para-hydroxylation sites is 1. The maximum Gasteiger partial charge on any atom is 0.381 e. The average Bonchev–Trinajstić information content (AvgIpc) is 2.81. The summed E-state index contributed by atoms with van der Waals surface area (Å²) in [4.78, 5) is 2.62. The van der Waals surface area contributed by atoms with Gasteiger partial charge in [0.05, 0.1) is 0 Å². The van der Waals surface area contributed by atoms with E-state index in [4.69, 9.17) is 0 Å². The molecule has 3 aromatic carbocycles. The molecule has 0 aromatic heterocycles. The second-order valence-electron chi connectivity index (χ2n) is 11.1. The lowest BCUT2D eigenvalue weighted by molar-refractivity contribution is 0.499. The van der Waals surface area contributed by atoms with Crippen LogP contribution in [-0.2, 0) is 6.54 Å². The number of hydrogen-bond donors (Lipinski definition) is 1. The van der Waals surface area contributed by atoms with Crippen LogP contribution in [0.2, 0.25) is 0 Å². The molecular formula is C31H39BN2. The van der Waals surface area contributed by atoms with Gasteiger partial charge in [-0.2, -0.15) is 0 Å². The molecule has 0 amide bonds. The van der Waals surface area contributed by atoms with Crippen molar-refractivity contribution in [3.63, 3.8) is 0 Å². The highest BCUT2D eigenvalue weighted by atomic mass is 15.2. The Morgan fingerprint density at radius 1 is 0.765 bits per heavy atom. The third kappa shape index (κ3) is 4.86. The first-order chi connectivity index (χ1) is 16.2. The summed E-state index contributed by atoms with van der Waals surface area (Å²) in [6.07, 6.45) is 2.41. The molecule has 0 radical (unpaired) electrons. The lowest BCUT2D eigenvalue weighted by Gasteiger charge is -2.45. The summed E-state index contributed by atoms with van der Waals surface area (Å²) in [6.45, 7) is 17.1. The molecule has 1 aliphatic rings. The van der Waals surface area contributed by atoms with Gasteiger partial charge < -0.3 is 10.0 Å². The zero-order valence-electron chi connectivity index (χ0n) is 21.9. The normalized spacial score (nSPS) is 14.0. The summed E-state index contributed by atoms with van der Waals surface area (Å²) >= 11 is 0. The van der Waals surface area contributed by atoms with Gasteiger partial charge in [-0.1, -0.05) is 121 Å². The van der Waals surface area contributed by atoms with Crippen molar-refractivity contribution in [1.29, 1.82) is 0 Å². The molecule has 0 fully saturated rings. The van der Waals surface area contributed by atoms with Crippen molar-refractivity contribution >= 4 is 24.2 Å². The fourth-order valence-electron chi connectivity index (χ4n) is 5.02. The summed E-state index contributed by atoms with van der Waals surface area (Å²) in [5, 5.41) is 3.96. The van der Waals surface area contributed by atoms with Crippen LogP contribution in [0.4, 0.5) is 5.69 Å². The molecule has 0 unspecified atom stereocenters. The maximum absolute atomic E-state index is 3.96. The van der Waals surface area contributed by atoms with E-state index in [-0.39, 0.29) is 12.4 Å². The monoisotopic (exact) mass is 450 g/mol. The second kappa shape index (κ2) is 9.84. The summed E-state index contributed by atoms with van der Waals surface area (Å²) in [5.41, 5.74) is 9.47. The van der Waals surface area contributed by atoms with Gasteiger partial charge in [-0.25, -0.2) is 0 Å². The van der Waals surface area contributed by atoms with Crippen molar-refractivity contribution in [2.24, 2.45) is 5.41 Å². The molecule has 0 aliphatic carbocycles. The van der Waals surface area contributed by atoms with E-state index in [2.05, 4.69) is 137 Å². The van der Waals surface area contributed by atoms with Gasteiger partial charge in [-0.15, -0.1) is 0 Å².